The van der Waals surface area contributed by atoms with Gasteiger partial charge in [-0.3, -0.25) is 10.9 Å². The van der Waals surface area contributed by atoms with Gasteiger partial charge in [-0.15, -0.1) is 0 Å². The van der Waals surface area contributed by atoms with E-state index in [0.29, 0.717) is 18.7 Å². The Balaban J connectivity index is 1.66. The van der Waals surface area contributed by atoms with Crippen LogP contribution in [0.1, 0.15) is 32.3 Å². The third-order valence-electron chi connectivity index (χ3n) is 4.99. The highest BCUT2D eigenvalue weighted by Gasteiger charge is 2.40. The van der Waals surface area contributed by atoms with E-state index in [-0.39, 0.29) is 23.5 Å². The minimum absolute atomic E-state index is 0.127. The molecule has 8 nitrogen and oxygen atoms in total. The van der Waals surface area contributed by atoms with Crippen LogP contribution < -0.4 is 15.6 Å². The fraction of sp³-hybridized carbons (Fsp3) is 0.625. The summed E-state index contributed by atoms with van der Waals surface area (Å²) in [6, 6.07) is 6.00. The van der Waals surface area contributed by atoms with Crippen molar-refractivity contribution in [2.24, 2.45) is 0 Å². The van der Waals surface area contributed by atoms with Gasteiger partial charge in [-0.05, 0) is 44.4 Å². The van der Waals surface area contributed by atoms with Gasteiger partial charge in [-0.1, -0.05) is 12.1 Å². The molecule has 2 heterocycles. The fourth-order valence-corrected chi connectivity index (χ4v) is 6.82. The number of hydrogen-bond acceptors (Lipinski definition) is 6. The van der Waals surface area contributed by atoms with Crippen molar-refractivity contribution >= 4 is 20.0 Å². The summed E-state index contributed by atoms with van der Waals surface area (Å²) >= 11 is 0. The zero-order chi connectivity index (χ0) is 18.9. The zero-order valence-electron chi connectivity index (χ0n) is 15.0. The highest BCUT2D eigenvalue weighted by molar-refractivity contribution is 7.90. The monoisotopic (exact) mass is 402 g/mol. The molecule has 2 aliphatic rings. The average molecular weight is 403 g/mol. The largest absolute Gasteiger partial charge is 0.253 e. The van der Waals surface area contributed by atoms with Gasteiger partial charge in [0, 0.05) is 31.7 Å². The minimum atomic E-state index is -3.51. The molecule has 0 radical (unpaired) electrons. The maximum absolute atomic E-state index is 12.5. The van der Waals surface area contributed by atoms with E-state index in [9.17, 15) is 16.8 Å². The molecule has 1 aromatic carbocycles. The lowest BCUT2D eigenvalue weighted by molar-refractivity contribution is 0.477. The third kappa shape index (κ3) is 3.95. The predicted octanol–water partition coefficient (Wildman–Crippen LogP) is 0.144. The van der Waals surface area contributed by atoms with Crippen molar-refractivity contribution in [2.75, 3.05) is 13.1 Å². The molecule has 2 fully saturated rings. The summed E-state index contributed by atoms with van der Waals surface area (Å²) in [5, 5.41) is -0.572. The summed E-state index contributed by atoms with van der Waals surface area (Å²) < 4.78 is 54.2. The SMILES string of the molecule is CC1NNC(C)C1S(=O)(=O)NCc1ccc(S(=O)(=O)N2CCCC2)cc1. The van der Waals surface area contributed by atoms with Crippen molar-refractivity contribution in [1.82, 2.24) is 19.9 Å². The van der Waals surface area contributed by atoms with Crippen molar-refractivity contribution in [3.05, 3.63) is 29.8 Å². The molecular weight excluding hydrogens is 376 g/mol. The molecule has 0 bridgehead atoms. The van der Waals surface area contributed by atoms with Crippen molar-refractivity contribution in [2.45, 2.75) is 55.5 Å². The van der Waals surface area contributed by atoms with Crippen LogP contribution in [0.2, 0.25) is 0 Å². The van der Waals surface area contributed by atoms with Gasteiger partial charge < -0.3 is 0 Å². The second kappa shape index (κ2) is 7.53. The molecular formula is C16H26N4O4S2. The van der Waals surface area contributed by atoms with Gasteiger partial charge in [0.05, 0.1) is 4.90 Å². The smallest absolute Gasteiger partial charge is 0.243 e. The lowest BCUT2D eigenvalue weighted by atomic mass is 10.2. The third-order valence-corrected chi connectivity index (χ3v) is 8.98. The van der Waals surface area contributed by atoms with E-state index < -0.39 is 25.3 Å². The molecule has 3 rings (SSSR count). The summed E-state index contributed by atoms with van der Waals surface area (Å²) in [4.78, 5) is 0.248. The van der Waals surface area contributed by atoms with E-state index in [2.05, 4.69) is 15.6 Å². The minimum Gasteiger partial charge on any atom is -0.253 e. The average Bonchev–Trinajstić information content (AvgIpc) is 3.24. The second-order valence-corrected chi connectivity index (χ2v) is 10.8. The van der Waals surface area contributed by atoms with Crippen LogP contribution in [0.5, 0.6) is 0 Å². The Labute approximate surface area is 155 Å². The molecule has 2 atom stereocenters. The van der Waals surface area contributed by atoms with E-state index >= 15 is 0 Å². The van der Waals surface area contributed by atoms with Crippen LogP contribution in [-0.2, 0) is 26.6 Å². The van der Waals surface area contributed by atoms with Crippen LogP contribution in [0.25, 0.3) is 0 Å². The molecule has 0 aliphatic carbocycles. The summed E-state index contributed by atoms with van der Waals surface area (Å²) in [7, 11) is -6.96. The quantitative estimate of drug-likeness (QED) is 0.625. The molecule has 26 heavy (non-hydrogen) atoms. The normalized spacial score (nSPS) is 27.8. The van der Waals surface area contributed by atoms with Gasteiger partial charge >= 0.3 is 0 Å². The van der Waals surface area contributed by atoms with Crippen molar-refractivity contribution in [3.8, 4) is 0 Å². The number of rotatable bonds is 6. The standard InChI is InChI=1S/C16H26N4O4S2/c1-12-16(13(2)19-18-12)25(21,22)17-11-14-5-7-15(8-6-14)26(23,24)20-9-3-4-10-20/h5-8,12-13,16-19H,3-4,9-11H2,1-2H3. The first kappa shape index (κ1) is 19.7. The topological polar surface area (TPSA) is 108 Å². The maximum Gasteiger partial charge on any atom is 0.243 e. The van der Waals surface area contributed by atoms with Crippen molar-refractivity contribution in [3.63, 3.8) is 0 Å². The Morgan fingerprint density at radius 3 is 2.08 bits per heavy atom. The van der Waals surface area contributed by atoms with Gasteiger partial charge in [0.25, 0.3) is 0 Å². The van der Waals surface area contributed by atoms with E-state index in [0.717, 1.165) is 12.8 Å². The molecule has 0 spiro atoms. The van der Waals surface area contributed by atoms with Crippen LogP contribution in [0.4, 0.5) is 0 Å². The zero-order valence-corrected chi connectivity index (χ0v) is 16.6. The number of sulfonamides is 2. The van der Waals surface area contributed by atoms with Gasteiger partial charge in [-0.2, -0.15) is 4.31 Å². The molecule has 0 amide bonds. The van der Waals surface area contributed by atoms with E-state index in [1.807, 2.05) is 13.8 Å². The first-order valence-corrected chi connectivity index (χ1v) is 11.8. The lowest BCUT2D eigenvalue weighted by Crippen LogP contribution is -2.44. The number of hydrazine groups is 1. The van der Waals surface area contributed by atoms with E-state index in [1.54, 1.807) is 24.3 Å². The molecule has 2 unspecified atom stereocenters. The first-order chi connectivity index (χ1) is 12.2. The summed E-state index contributed by atoms with van der Waals surface area (Å²) in [5.41, 5.74) is 6.58. The van der Waals surface area contributed by atoms with Crippen LogP contribution in [0, 0.1) is 0 Å². The second-order valence-electron chi connectivity index (χ2n) is 6.95. The molecule has 2 aliphatic heterocycles. The van der Waals surface area contributed by atoms with E-state index in [1.165, 1.54) is 4.31 Å². The highest BCUT2D eigenvalue weighted by Crippen LogP contribution is 2.21. The molecule has 10 heteroatoms. The van der Waals surface area contributed by atoms with Gasteiger partial charge in [0.15, 0.2) is 0 Å². The van der Waals surface area contributed by atoms with Crippen LogP contribution >= 0.6 is 0 Å². The molecule has 3 N–H and O–H groups in total. The first-order valence-electron chi connectivity index (χ1n) is 8.80. The molecule has 2 saturated heterocycles. The summed E-state index contributed by atoms with van der Waals surface area (Å²) in [5.74, 6) is 0. The maximum atomic E-state index is 12.5. The Morgan fingerprint density at radius 2 is 1.54 bits per heavy atom. The Hall–Kier alpha value is -1.04. The van der Waals surface area contributed by atoms with Gasteiger partial charge in [0.1, 0.15) is 5.25 Å². The Kier molecular flexibility index (Phi) is 5.71. The molecule has 0 saturated carbocycles. The molecule has 0 aromatic heterocycles. The predicted molar refractivity (Wildman–Crippen MR) is 99.2 cm³/mol. The van der Waals surface area contributed by atoms with Crippen molar-refractivity contribution in [1.29, 1.82) is 0 Å². The van der Waals surface area contributed by atoms with Gasteiger partial charge in [0.2, 0.25) is 20.0 Å². The summed E-state index contributed by atoms with van der Waals surface area (Å²) in [6.07, 6.45) is 1.78. The lowest BCUT2D eigenvalue weighted by Gasteiger charge is -2.19. The Bertz CT molecular complexity index is 824. The Morgan fingerprint density at radius 1 is 1.00 bits per heavy atom. The highest BCUT2D eigenvalue weighted by atomic mass is 32.2. The van der Waals surface area contributed by atoms with Crippen LogP contribution in [0.15, 0.2) is 29.2 Å². The van der Waals surface area contributed by atoms with Gasteiger partial charge in [-0.25, -0.2) is 21.6 Å². The fourth-order valence-electron chi connectivity index (χ4n) is 3.53. The van der Waals surface area contributed by atoms with Crippen LogP contribution in [0.3, 0.4) is 0 Å². The summed E-state index contributed by atoms with van der Waals surface area (Å²) in [6.45, 7) is 4.88. The van der Waals surface area contributed by atoms with Crippen LogP contribution in [-0.4, -0.2) is 51.6 Å². The number of nitrogens with one attached hydrogen (secondary N) is 3. The number of hydrogen-bond donors (Lipinski definition) is 3. The van der Waals surface area contributed by atoms with Crippen molar-refractivity contribution < 1.29 is 16.8 Å². The molecule has 146 valence electrons. The molecule has 1 aromatic rings. The number of nitrogens with zero attached hydrogens (tertiary/aromatic N) is 1. The van der Waals surface area contributed by atoms with E-state index in [4.69, 9.17) is 0 Å². The number of benzene rings is 1.